The summed E-state index contributed by atoms with van der Waals surface area (Å²) in [4.78, 5) is 19.4. The number of nitrogens with zero attached hydrogens (tertiary/aromatic N) is 1. The number of rotatable bonds is 5. The van der Waals surface area contributed by atoms with E-state index in [9.17, 15) is 4.79 Å². The van der Waals surface area contributed by atoms with E-state index >= 15 is 0 Å². The number of fused-ring (bicyclic) bond motifs is 1. The summed E-state index contributed by atoms with van der Waals surface area (Å²) in [7, 11) is 0. The van der Waals surface area contributed by atoms with Crippen LogP contribution in [0.3, 0.4) is 0 Å². The summed E-state index contributed by atoms with van der Waals surface area (Å²) >= 11 is 6.14. The number of hydrogen-bond acceptors (Lipinski definition) is 3. The molecule has 0 spiro atoms. The number of benzene rings is 2. The minimum Gasteiger partial charge on any atom is -0.492 e. The lowest BCUT2D eigenvalue weighted by Crippen LogP contribution is -2.22. The molecule has 6 heteroatoms. The third-order valence-electron chi connectivity index (χ3n) is 3.43. The summed E-state index contributed by atoms with van der Waals surface area (Å²) in [5.74, 6) is 0.500. The maximum atomic E-state index is 12.2. The SMILES string of the molecule is CCOc1ccc(CNC(=O)c2ccc3nc[nH]c3c2)cc1Cl. The van der Waals surface area contributed by atoms with Crippen LogP contribution >= 0.6 is 11.6 Å². The van der Waals surface area contributed by atoms with Gasteiger partial charge in [-0.1, -0.05) is 17.7 Å². The lowest BCUT2D eigenvalue weighted by Gasteiger charge is -2.09. The number of aromatic amines is 1. The molecule has 2 N–H and O–H groups in total. The molecular formula is C17H16ClN3O2. The maximum absolute atomic E-state index is 12.2. The molecule has 0 aliphatic carbocycles. The summed E-state index contributed by atoms with van der Waals surface area (Å²) in [6.07, 6.45) is 1.61. The van der Waals surface area contributed by atoms with Crippen molar-refractivity contribution >= 4 is 28.5 Å². The fourth-order valence-corrected chi connectivity index (χ4v) is 2.55. The first-order valence-electron chi connectivity index (χ1n) is 7.30. The molecule has 5 nitrogen and oxygen atoms in total. The third kappa shape index (κ3) is 3.46. The van der Waals surface area contributed by atoms with Gasteiger partial charge < -0.3 is 15.0 Å². The molecule has 1 aromatic heterocycles. The van der Waals surface area contributed by atoms with Crippen LogP contribution in [-0.4, -0.2) is 22.5 Å². The lowest BCUT2D eigenvalue weighted by molar-refractivity contribution is 0.0951. The van der Waals surface area contributed by atoms with Crippen LogP contribution in [0.4, 0.5) is 0 Å². The van der Waals surface area contributed by atoms with Gasteiger partial charge in [0.25, 0.3) is 5.91 Å². The van der Waals surface area contributed by atoms with E-state index in [1.165, 1.54) is 0 Å². The number of aromatic nitrogens is 2. The van der Waals surface area contributed by atoms with E-state index in [0.29, 0.717) is 29.5 Å². The van der Waals surface area contributed by atoms with Crippen molar-refractivity contribution in [1.82, 2.24) is 15.3 Å². The number of imidazole rings is 1. The molecule has 118 valence electrons. The molecule has 0 saturated heterocycles. The van der Waals surface area contributed by atoms with Crippen molar-refractivity contribution in [3.63, 3.8) is 0 Å². The van der Waals surface area contributed by atoms with Crippen LogP contribution in [-0.2, 0) is 6.54 Å². The molecule has 1 heterocycles. The number of ether oxygens (including phenoxy) is 1. The average Bonchev–Trinajstić information content (AvgIpc) is 3.02. The smallest absolute Gasteiger partial charge is 0.251 e. The zero-order valence-electron chi connectivity index (χ0n) is 12.6. The van der Waals surface area contributed by atoms with Crippen molar-refractivity contribution < 1.29 is 9.53 Å². The van der Waals surface area contributed by atoms with Gasteiger partial charge in [0.1, 0.15) is 5.75 Å². The van der Waals surface area contributed by atoms with Crippen molar-refractivity contribution in [2.24, 2.45) is 0 Å². The number of carbonyl (C=O) groups excluding carboxylic acids is 1. The summed E-state index contributed by atoms with van der Waals surface area (Å²) in [6.45, 7) is 2.86. The van der Waals surface area contributed by atoms with Crippen LogP contribution < -0.4 is 10.1 Å². The molecule has 3 aromatic rings. The van der Waals surface area contributed by atoms with Gasteiger partial charge in [0.2, 0.25) is 0 Å². The Balaban J connectivity index is 1.67. The molecule has 23 heavy (non-hydrogen) atoms. The number of nitrogens with one attached hydrogen (secondary N) is 2. The molecular weight excluding hydrogens is 314 g/mol. The highest BCUT2D eigenvalue weighted by atomic mass is 35.5. The molecule has 0 aliphatic rings. The second-order valence-corrected chi connectivity index (χ2v) is 5.42. The van der Waals surface area contributed by atoms with Gasteiger partial charge in [-0.25, -0.2) is 4.98 Å². The molecule has 0 atom stereocenters. The highest BCUT2D eigenvalue weighted by Crippen LogP contribution is 2.25. The highest BCUT2D eigenvalue weighted by molar-refractivity contribution is 6.32. The summed E-state index contributed by atoms with van der Waals surface area (Å²) in [5, 5.41) is 3.42. The normalized spacial score (nSPS) is 10.7. The Labute approximate surface area is 138 Å². The van der Waals surface area contributed by atoms with Gasteiger partial charge in [-0.3, -0.25) is 4.79 Å². The molecule has 0 aliphatic heterocycles. The van der Waals surface area contributed by atoms with Crippen molar-refractivity contribution in [3.05, 3.63) is 58.9 Å². The predicted molar refractivity (Wildman–Crippen MR) is 89.9 cm³/mol. The molecule has 1 amide bonds. The zero-order valence-corrected chi connectivity index (χ0v) is 13.4. The molecule has 0 fully saturated rings. The standard InChI is InChI=1S/C17H16ClN3O2/c1-2-23-16-6-3-11(7-13(16)18)9-19-17(22)12-4-5-14-15(8-12)21-10-20-14/h3-8,10H,2,9H2,1H3,(H,19,22)(H,20,21). The molecule has 0 bridgehead atoms. The number of amides is 1. The van der Waals surface area contributed by atoms with Gasteiger partial charge >= 0.3 is 0 Å². The molecule has 0 radical (unpaired) electrons. The first kappa shape index (κ1) is 15.4. The van der Waals surface area contributed by atoms with Crippen LogP contribution in [0.15, 0.2) is 42.7 Å². The molecule has 2 aromatic carbocycles. The fourth-order valence-electron chi connectivity index (χ4n) is 2.29. The fraction of sp³-hybridized carbons (Fsp3) is 0.176. The van der Waals surface area contributed by atoms with E-state index in [-0.39, 0.29) is 5.91 Å². The third-order valence-corrected chi connectivity index (χ3v) is 3.73. The van der Waals surface area contributed by atoms with Crippen LogP contribution in [0, 0.1) is 0 Å². The van der Waals surface area contributed by atoms with Gasteiger partial charge in [-0.2, -0.15) is 0 Å². The van der Waals surface area contributed by atoms with Crippen LogP contribution in [0.25, 0.3) is 11.0 Å². The van der Waals surface area contributed by atoms with Gasteiger partial charge in [0.05, 0.1) is 29.0 Å². The summed E-state index contributed by atoms with van der Waals surface area (Å²) < 4.78 is 5.39. The van der Waals surface area contributed by atoms with Crippen molar-refractivity contribution in [2.75, 3.05) is 6.61 Å². The first-order chi connectivity index (χ1) is 11.2. The average molecular weight is 330 g/mol. The first-order valence-corrected chi connectivity index (χ1v) is 7.67. The van der Waals surface area contributed by atoms with Crippen LogP contribution in [0.1, 0.15) is 22.8 Å². The van der Waals surface area contributed by atoms with Crippen molar-refractivity contribution in [3.8, 4) is 5.75 Å². The lowest BCUT2D eigenvalue weighted by atomic mass is 10.1. The Kier molecular flexibility index (Phi) is 4.48. The minimum absolute atomic E-state index is 0.147. The summed E-state index contributed by atoms with van der Waals surface area (Å²) in [6, 6.07) is 10.8. The van der Waals surface area contributed by atoms with Gasteiger partial charge in [-0.15, -0.1) is 0 Å². The molecule has 0 unspecified atom stereocenters. The Morgan fingerprint density at radius 1 is 1.30 bits per heavy atom. The van der Waals surface area contributed by atoms with Gasteiger partial charge in [-0.05, 0) is 42.8 Å². The monoisotopic (exact) mass is 329 g/mol. The largest absolute Gasteiger partial charge is 0.492 e. The molecule has 0 saturated carbocycles. The van der Waals surface area contributed by atoms with E-state index in [2.05, 4.69) is 15.3 Å². The second-order valence-electron chi connectivity index (χ2n) is 5.01. The Morgan fingerprint density at radius 2 is 2.17 bits per heavy atom. The van der Waals surface area contributed by atoms with Gasteiger partial charge in [0, 0.05) is 12.1 Å². The Bertz CT molecular complexity index is 845. The number of hydrogen-bond donors (Lipinski definition) is 2. The van der Waals surface area contributed by atoms with E-state index in [1.807, 2.05) is 25.1 Å². The number of carbonyl (C=O) groups is 1. The Morgan fingerprint density at radius 3 is 2.96 bits per heavy atom. The second kappa shape index (κ2) is 6.71. The summed E-state index contributed by atoms with van der Waals surface area (Å²) in [5.41, 5.74) is 3.16. The van der Waals surface area contributed by atoms with Gasteiger partial charge in [0.15, 0.2) is 0 Å². The highest BCUT2D eigenvalue weighted by Gasteiger charge is 2.08. The zero-order chi connectivity index (χ0) is 16.2. The predicted octanol–water partition coefficient (Wildman–Crippen LogP) is 3.55. The van der Waals surface area contributed by atoms with Crippen molar-refractivity contribution in [2.45, 2.75) is 13.5 Å². The number of halogens is 1. The quantitative estimate of drug-likeness (QED) is 0.752. The number of H-pyrrole nitrogens is 1. The van der Waals surface area contributed by atoms with E-state index in [4.69, 9.17) is 16.3 Å². The van der Waals surface area contributed by atoms with E-state index in [0.717, 1.165) is 16.6 Å². The van der Waals surface area contributed by atoms with Crippen molar-refractivity contribution in [1.29, 1.82) is 0 Å². The topological polar surface area (TPSA) is 67.0 Å². The van der Waals surface area contributed by atoms with Crippen LogP contribution in [0.2, 0.25) is 5.02 Å². The molecule has 3 rings (SSSR count). The van der Waals surface area contributed by atoms with E-state index < -0.39 is 0 Å². The van der Waals surface area contributed by atoms with E-state index in [1.54, 1.807) is 24.5 Å². The van der Waals surface area contributed by atoms with Crippen LogP contribution in [0.5, 0.6) is 5.75 Å². The maximum Gasteiger partial charge on any atom is 0.251 e. The Hall–Kier alpha value is -2.53. The minimum atomic E-state index is -0.147.